The first-order valence-electron chi connectivity index (χ1n) is 9.91. The lowest BCUT2D eigenvalue weighted by molar-refractivity contribution is -0.148. The Balaban J connectivity index is 1.99. The Morgan fingerprint density at radius 2 is 2.03 bits per heavy atom. The molecular formula is C23H27F2NO4. The number of aliphatic hydroxyl groups is 1. The number of alkyl halides is 2. The first kappa shape index (κ1) is 23.6. The largest absolute Gasteiger partial charge is 0.478 e. The zero-order chi connectivity index (χ0) is 22.3. The third-order valence-corrected chi connectivity index (χ3v) is 5.27. The Labute approximate surface area is 175 Å². The van der Waals surface area contributed by atoms with E-state index in [9.17, 15) is 23.5 Å². The predicted octanol–water partition coefficient (Wildman–Crippen LogP) is 3.52. The van der Waals surface area contributed by atoms with Gasteiger partial charge in [-0.05, 0) is 43.4 Å². The summed E-state index contributed by atoms with van der Waals surface area (Å²) in [7, 11) is 0. The van der Waals surface area contributed by atoms with Gasteiger partial charge in [-0.1, -0.05) is 31.2 Å². The quantitative estimate of drug-likeness (QED) is 0.474. The average molecular weight is 419 g/mol. The smallest absolute Gasteiger partial charge is 0.335 e. The zero-order valence-electron chi connectivity index (χ0n) is 17.1. The minimum atomic E-state index is -3.39. The number of hydrogen-bond donors (Lipinski definition) is 2. The van der Waals surface area contributed by atoms with Gasteiger partial charge in [0, 0.05) is 25.4 Å². The van der Waals surface area contributed by atoms with Crippen LogP contribution in [0.3, 0.4) is 0 Å². The number of carboxylic acids is 1. The fourth-order valence-corrected chi connectivity index (χ4v) is 3.38. The highest BCUT2D eigenvalue weighted by Crippen LogP contribution is 2.35. The number of rotatable bonds is 9. The van der Waals surface area contributed by atoms with Gasteiger partial charge >= 0.3 is 11.9 Å². The van der Waals surface area contributed by atoms with E-state index in [2.05, 4.69) is 11.8 Å². The Bertz CT molecular complexity index is 839. The molecule has 2 N–H and O–H groups in total. The van der Waals surface area contributed by atoms with Crippen LogP contribution in [0.25, 0.3) is 0 Å². The normalized spacial score (nSPS) is 20.1. The average Bonchev–Trinajstić information content (AvgIpc) is 2.92. The maximum atomic E-state index is 14.0. The Morgan fingerprint density at radius 3 is 2.63 bits per heavy atom. The van der Waals surface area contributed by atoms with Crippen molar-refractivity contribution in [1.82, 2.24) is 4.90 Å². The Kier molecular flexibility index (Phi) is 8.13. The molecule has 1 aliphatic heterocycles. The molecular weight excluding hydrogens is 392 g/mol. The predicted molar refractivity (Wildman–Crippen MR) is 109 cm³/mol. The number of carbonyl (C=O) groups is 2. The maximum Gasteiger partial charge on any atom is 0.335 e. The second kappa shape index (κ2) is 10.4. The van der Waals surface area contributed by atoms with Gasteiger partial charge in [0.2, 0.25) is 0 Å². The number of hydrogen-bond acceptors (Lipinski definition) is 3. The van der Waals surface area contributed by atoms with Crippen LogP contribution in [0.15, 0.2) is 36.4 Å². The Hall–Kier alpha value is -2.72. The highest BCUT2D eigenvalue weighted by atomic mass is 19.3. The minimum Gasteiger partial charge on any atom is -0.478 e. The summed E-state index contributed by atoms with van der Waals surface area (Å²) >= 11 is 0. The van der Waals surface area contributed by atoms with E-state index in [4.69, 9.17) is 5.11 Å². The number of nitrogens with zero attached hydrogens (tertiary/aromatic N) is 1. The van der Waals surface area contributed by atoms with Gasteiger partial charge in [-0.15, -0.1) is 11.8 Å². The second-order valence-electron chi connectivity index (χ2n) is 7.58. The minimum absolute atomic E-state index is 0.0785. The van der Waals surface area contributed by atoms with E-state index < -0.39 is 36.4 Å². The number of aromatic carboxylic acids is 1. The van der Waals surface area contributed by atoms with Crippen molar-refractivity contribution in [2.75, 3.05) is 6.54 Å². The van der Waals surface area contributed by atoms with Gasteiger partial charge in [-0.3, -0.25) is 4.79 Å². The highest BCUT2D eigenvalue weighted by molar-refractivity contribution is 5.87. The summed E-state index contributed by atoms with van der Waals surface area (Å²) in [5.74, 6) is -0.0330. The first-order valence-corrected chi connectivity index (χ1v) is 9.91. The molecule has 0 bridgehead atoms. The summed E-state index contributed by atoms with van der Waals surface area (Å²) in [6, 6.07) is 5.48. The number of benzene rings is 1. The maximum absolute atomic E-state index is 14.0. The van der Waals surface area contributed by atoms with Crippen molar-refractivity contribution < 1.29 is 28.6 Å². The third kappa shape index (κ3) is 6.14. The van der Waals surface area contributed by atoms with Crippen molar-refractivity contribution in [3.8, 4) is 11.8 Å². The van der Waals surface area contributed by atoms with E-state index in [0.29, 0.717) is 12.8 Å². The molecule has 1 aliphatic rings. The highest BCUT2D eigenvalue weighted by Gasteiger charge is 2.52. The molecule has 0 unspecified atom stereocenters. The SMILES string of the molecule is CC#CC[C@H](C)[C@H](O)/C=C/C[C@H]1CC(F)(F)C(=O)N1CCc1ccc(C(=O)O)cc1. The molecule has 0 aliphatic carbocycles. The molecule has 7 heteroatoms. The molecule has 0 spiro atoms. The van der Waals surface area contributed by atoms with Crippen molar-refractivity contribution in [3.63, 3.8) is 0 Å². The van der Waals surface area contributed by atoms with Crippen molar-refractivity contribution in [2.45, 2.75) is 57.6 Å². The van der Waals surface area contributed by atoms with E-state index in [1.807, 2.05) is 6.92 Å². The van der Waals surface area contributed by atoms with Crippen LogP contribution in [0.5, 0.6) is 0 Å². The number of carboxylic acid groups (broad SMARTS) is 1. The summed E-state index contributed by atoms with van der Waals surface area (Å²) in [5.41, 5.74) is 0.904. The van der Waals surface area contributed by atoms with E-state index in [1.165, 1.54) is 17.0 Å². The fraction of sp³-hybridized carbons (Fsp3) is 0.478. The van der Waals surface area contributed by atoms with Crippen LogP contribution in [0.1, 0.15) is 49.0 Å². The van der Waals surface area contributed by atoms with Gasteiger partial charge in [-0.2, -0.15) is 8.78 Å². The summed E-state index contributed by atoms with van der Waals surface area (Å²) in [5, 5.41) is 19.1. The van der Waals surface area contributed by atoms with Gasteiger partial charge in [0.15, 0.2) is 0 Å². The van der Waals surface area contributed by atoms with E-state index in [1.54, 1.807) is 31.2 Å². The molecule has 3 atom stereocenters. The molecule has 1 aromatic rings. The van der Waals surface area contributed by atoms with Crippen LogP contribution in [-0.4, -0.2) is 51.6 Å². The van der Waals surface area contributed by atoms with E-state index in [-0.39, 0.29) is 24.4 Å². The number of aliphatic hydroxyl groups excluding tert-OH is 1. The standard InChI is InChI=1S/C23H27F2NO4/c1-3-4-6-16(2)20(27)8-5-7-19-15-23(24,25)22(30)26(19)14-13-17-9-11-18(12-10-17)21(28)29/h5,8-12,16,19-20,27H,6-7,13-15H2,1-2H3,(H,28,29)/b8-5+/t16-,19-,20+/m0/s1. The van der Waals surface area contributed by atoms with Crippen molar-refractivity contribution in [3.05, 3.63) is 47.5 Å². The van der Waals surface area contributed by atoms with Crippen molar-refractivity contribution >= 4 is 11.9 Å². The van der Waals surface area contributed by atoms with Gasteiger partial charge < -0.3 is 15.1 Å². The summed E-state index contributed by atoms with van der Waals surface area (Å²) in [6.07, 6.45) is 3.04. The van der Waals surface area contributed by atoms with Gasteiger partial charge in [0.05, 0.1) is 11.7 Å². The lowest BCUT2D eigenvalue weighted by Gasteiger charge is -2.23. The second-order valence-corrected chi connectivity index (χ2v) is 7.58. The number of carbonyl (C=O) groups excluding carboxylic acids is 1. The summed E-state index contributed by atoms with van der Waals surface area (Å²) in [6.45, 7) is 3.69. The molecule has 1 amide bonds. The summed E-state index contributed by atoms with van der Waals surface area (Å²) in [4.78, 5) is 24.2. The van der Waals surface area contributed by atoms with Crippen LogP contribution >= 0.6 is 0 Å². The molecule has 0 aromatic heterocycles. The van der Waals surface area contributed by atoms with Crippen molar-refractivity contribution in [1.29, 1.82) is 0 Å². The van der Waals surface area contributed by atoms with Crippen LogP contribution in [0, 0.1) is 17.8 Å². The lowest BCUT2D eigenvalue weighted by Crippen LogP contribution is -2.37. The van der Waals surface area contributed by atoms with Crippen LogP contribution in [0.4, 0.5) is 8.78 Å². The third-order valence-electron chi connectivity index (χ3n) is 5.27. The van der Waals surface area contributed by atoms with Gasteiger partial charge in [-0.25, -0.2) is 4.79 Å². The topological polar surface area (TPSA) is 77.8 Å². The fourth-order valence-electron chi connectivity index (χ4n) is 3.38. The van der Waals surface area contributed by atoms with E-state index >= 15 is 0 Å². The molecule has 30 heavy (non-hydrogen) atoms. The molecule has 0 saturated carbocycles. The molecule has 2 rings (SSSR count). The van der Waals surface area contributed by atoms with Gasteiger partial charge in [0.1, 0.15) is 0 Å². The van der Waals surface area contributed by atoms with Crippen molar-refractivity contribution in [2.24, 2.45) is 5.92 Å². The molecule has 5 nitrogen and oxygen atoms in total. The molecule has 1 fully saturated rings. The zero-order valence-corrected chi connectivity index (χ0v) is 17.1. The first-order chi connectivity index (χ1) is 14.2. The molecule has 1 heterocycles. The van der Waals surface area contributed by atoms with Crippen LogP contribution in [-0.2, 0) is 11.2 Å². The van der Waals surface area contributed by atoms with Gasteiger partial charge in [0.25, 0.3) is 5.91 Å². The molecule has 162 valence electrons. The van der Waals surface area contributed by atoms with E-state index in [0.717, 1.165) is 5.56 Å². The molecule has 1 saturated heterocycles. The molecule has 1 aromatic carbocycles. The number of amides is 1. The monoisotopic (exact) mass is 419 g/mol. The molecule has 0 radical (unpaired) electrons. The number of halogens is 2. The van der Waals surface area contributed by atoms with Crippen LogP contribution < -0.4 is 0 Å². The summed E-state index contributed by atoms with van der Waals surface area (Å²) < 4.78 is 28.0. The Morgan fingerprint density at radius 1 is 1.37 bits per heavy atom. The van der Waals surface area contributed by atoms with Crippen LogP contribution in [0.2, 0.25) is 0 Å². The lowest BCUT2D eigenvalue weighted by atomic mass is 10.00. The number of likely N-dealkylation sites (tertiary alicyclic amines) is 1.